The standard InChI is InChI=1S/C47H88O5/c1-4-7-10-13-16-18-20-22-23-24-26-28-30-33-36-39-42-50-43-45(52-47(49)41-38-35-31-15-12-9-6-3)44-51-46(48)40-37-34-32-29-27-25-21-19-17-14-11-8-5-2/h16,18,22-23,45H,4-15,17,19-21,24-44H2,1-3H3/b18-16-,23-22-. The molecule has 0 aromatic carbocycles. The van der Waals surface area contributed by atoms with Gasteiger partial charge in [-0.2, -0.15) is 0 Å². The van der Waals surface area contributed by atoms with E-state index in [1.165, 1.54) is 161 Å². The van der Waals surface area contributed by atoms with Crippen molar-refractivity contribution in [1.82, 2.24) is 0 Å². The first-order chi connectivity index (χ1) is 25.6. The van der Waals surface area contributed by atoms with Crippen molar-refractivity contribution in [2.45, 2.75) is 245 Å². The topological polar surface area (TPSA) is 61.8 Å². The van der Waals surface area contributed by atoms with Crippen LogP contribution in [0.5, 0.6) is 0 Å². The molecular formula is C47H88O5. The summed E-state index contributed by atoms with van der Waals surface area (Å²) in [4.78, 5) is 25.1. The van der Waals surface area contributed by atoms with E-state index in [9.17, 15) is 9.59 Å². The zero-order valence-electron chi connectivity index (χ0n) is 35.1. The van der Waals surface area contributed by atoms with Crippen molar-refractivity contribution in [2.24, 2.45) is 0 Å². The van der Waals surface area contributed by atoms with Crippen LogP contribution in [0, 0.1) is 0 Å². The Hall–Kier alpha value is -1.62. The normalized spacial score (nSPS) is 12.3. The molecule has 0 bridgehead atoms. The molecule has 0 heterocycles. The minimum Gasteiger partial charge on any atom is -0.462 e. The summed E-state index contributed by atoms with van der Waals surface area (Å²) in [5.41, 5.74) is 0. The lowest BCUT2D eigenvalue weighted by molar-refractivity contribution is -0.163. The van der Waals surface area contributed by atoms with E-state index in [-0.39, 0.29) is 25.2 Å². The molecule has 0 amide bonds. The van der Waals surface area contributed by atoms with Crippen LogP contribution in [0.4, 0.5) is 0 Å². The average Bonchev–Trinajstić information content (AvgIpc) is 3.14. The number of hydrogen-bond acceptors (Lipinski definition) is 5. The van der Waals surface area contributed by atoms with Gasteiger partial charge in [-0.15, -0.1) is 0 Å². The Balaban J connectivity index is 4.14. The van der Waals surface area contributed by atoms with Gasteiger partial charge < -0.3 is 14.2 Å². The second-order valence-corrected chi connectivity index (χ2v) is 15.3. The van der Waals surface area contributed by atoms with Crippen molar-refractivity contribution in [1.29, 1.82) is 0 Å². The largest absolute Gasteiger partial charge is 0.462 e. The van der Waals surface area contributed by atoms with Crippen LogP contribution < -0.4 is 0 Å². The number of carbonyl (C=O) groups is 2. The van der Waals surface area contributed by atoms with Gasteiger partial charge in [0.25, 0.3) is 0 Å². The molecule has 0 rings (SSSR count). The Morgan fingerprint density at radius 1 is 0.423 bits per heavy atom. The van der Waals surface area contributed by atoms with E-state index in [4.69, 9.17) is 14.2 Å². The zero-order chi connectivity index (χ0) is 37.8. The average molecular weight is 733 g/mol. The van der Waals surface area contributed by atoms with Crippen molar-refractivity contribution in [3.63, 3.8) is 0 Å². The fourth-order valence-corrected chi connectivity index (χ4v) is 6.54. The van der Waals surface area contributed by atoms with E-state index in [2.05, 4.69) is 45.1 Å². The molecule has 52 heavy (non-hydrogen) atoms. The number of esters is 2. The highest BCUT2D eigenvalue weighted by atomic mass is 16.6. The Kier molecular flexibility index (Phi) is 42.4. The molecule has 5 heteroatoms. The molecule has 0 spiro atoms. The molecule has 0 saturated heterocycles. The zero-order valence-corrected chi connectivity index (χ0v) is 35.1. The van der Waals surface area contributed by atoms with E-state index in [1.54, 1.807) is 0 Å². The second kappa shape index (κ2) is 43.8. The molecule has 0 aromatic rings. The smallest absolute Gasteiger partial charge is 0.306 e. The number of ether oxygens (including phenoxy) is 3. The van der Waals surface area contributed by atoms with E-state index >= 15 is 0 Å². The first kappa shape index (κ1) is 50.4. The highest BCUT2D eigenvalue weighted by molar-refractivity contribution is 5.70. The van der Waals surface area contributed by atoms with Crippen LogP contribution in [0.3, 0.4) is 0 Å². The Morgan fingerprint density at radius 3 is 1.31 bits per heavy atom. The minimum atomic E-state index is -0.530. The third kappa shape index (κ3) is 41.1. The molecule has 0 fully saturated rings. The van der Waals surface area contributed by atoms with Gasteiger partial charge in [-0.1, -0.05) is 199 Å². The van der Waals surface area contributed by atoms with Crippen LogP contribution in [0.25, 0.3) is 0 Å². The number of allylic oxidation sites excluding steroid dienone is 4. The van der Waals surface area contributed by atoms with E-state index in [0.717, 1.165) is 44.9 Å². The molecule has 0 radical (unpaired) electrons. The molecule has 0 aliphatic rings. The quantitative estimate of drug-likeness (QED) is 0.0355. The Morgan fingerprint density at radius 2 is 0.808 bits per heavy atom. The van der Waals surface area contributed by atoms with Crippen molar-refractivity contribution < 1.29 is 23.8 Å². The fraction of sp³-hybridized carbons (Fsp3) is 0.872. The molecule has 306 valence electrons. The minimum absolute atomic E-state index is 0.0870. The lowest BCUT2D eigenvalue weighted by Crippen LogP contribution is -2.30. The molecule has 1 unspecified atom stereocenters. The Bertz CT molecular complexity index is 791. The van der Waals surface area contributed by atoms with Gasteiger partial charge in [0.2, 0.25) is 0 Å². The van der Waals surface area contributed by atoms with Crippen molar-refractivity contribution in [2.75, 3.05) is 19.8 Å². The fourth-order valence-electron chi connectivity index (χ4n) is 6.54. The maximum absolute atomic E-state index is 12.6. The van der Waals surface area contributed by atoms with Gasteiger partial charge >= 0.3 is 11.9 Å². The summed E-state index contributed by atoms with van der Waals surface area (Å²) in [5.74, 6) is -0.398. The summed E-state index contributed by atoms with van der Waals surface area (Å²) in [6.45, 7) is 7.77. The van der Waals surface area contributed by atoms with Gasteiger partial charge in [-0.3, -0.25) is 9.59 Å². The maximum Gasteiger partial charge on any atom is 0.306 e. The highest BCUT2D eigenvalue weighted by Gasteiger charge is 2.17. The van der Waals surface area contributed by atoms with Crippen LogP contribution in [-0.2, 0) is 23.8 Å². The molecule has 0 aliphatic carbocycles. The lowest BCUT2D eigenvalue weighted by Gasteiger charge is -2.18. The van der Waals surface area contributed by atoms with Crippen molar-refractivity contribution >= 4 is 11.9 Å². The SMILES string of the molecule is CCCCC/C=C\C/C=C\CCCCCCCCOCC(COC(=O)CCCCCCCCCCCCCCC)OC(=O)CCCCCCCCC. The molecule has 0 aliphatic heterocycles. The van der Waals surface area contributed by atoms with Crippen molar-refractivity contribution in [3.8, 4) is 0 Å². The number of unbranched alkanes of at least 4 members (excludes halogenated alkanes) is 27. The predicted octanol–water partition coefficient (Wildman–Crippen LogP) is 14.9. The van der Waals surface area contributed by atoms with E-state index in [0.29, 0.717) is 19.4 Å². The van der Waals surface area contributed by atoms with Gasteiger partial charge in [0, 0.05) is 19.4 Å². The lowest BCUT2D eigenvalue weighted by atomic mass is 10.0. The summed E-state index contributed by atoms with van der Waals surface area (Å²) < 4.78 is 17.3. The Labute approximate surface area is 324 Å². The molecule has 0 N–H and O–H groups in total. The summed E-state index contributed by atoms with van der Waals surface area (Å²) in [7, 11) is 0. The molecule has 0 aromatic heterocycles. The van der Waals surface area contributed by atoms with Crippen LogP contribution in [0.15, 0.2) is 24.3 Å². The number of rotatable bonds is 42. The summed E-state index contributed by atoms with van der Waals surface area (Å²) in [5, 5.41) is 0. The summed E-state index contributed by atoms with van der Waals surface area (Å²) >= 11 is 0. The first-order valence-corrected chi connectivity index (χ1v) is 22.9. The van der Waals surface area contributed by atoms with Gasteiger partial charge in [-0.05, 0) is 51.4 Å². The number of hydrogen-bond donors (Lipinski definition) is 0. The van der Waals surface area contributed by atoms with Gasteiger partial charge in [0.1, 0.15) is 6.61 Å². The maximum atomic E-state index is 12.6. The summed E-state index contributed by atoms with van der Waals surface area (Å²) in [6, 6.07) is 0. The number of carbonyl (C=O) groups excluding carboxylic acids is 2. The van der Waals surface area contributed by atoms with E-state index < -0.39 is 6.10 Å². The molecule has 1 atom stereocenters. The van der Waals surface area contributed by atoms with Crippen LogP contribution >= 0.6 is 0 Å². The first-order valence-electron chi connectivity index (χ1n) is 22.9. The predicted molar refractivity (Wildman–Crippen MR) is 224 cm³/mol. The van der Waals surface area contributed by atoms with Gasteiger partial charge in [-0.25, -0.2) is 0 Å². The van der Waals surface area contributed by atoms with Gasteiger partial charge in [0.05, 0.1) is 6.61 Å². The van der Waals surface area contributed by atoms with E-state index in [1.807, 2.05) is 0 Å². The molecular weight excluding hydrogens is 645 g/mol. The van der Waals surface area contributed by atoms with Crippen LogP contribution in [-0.4, -0.2) is 37.9 Å². The molecule has 5 nitrogen and oxygen atoms in total. The van der Waals surface area contributed by atoms with Crippen molar-refractivity contribution in [3.05, 3.63) is 24.3 Å². The van der Waals surface area contributed by atoms with Gasteiger partial charge in [0.15, 0.2) is 6.10 Å². The third-order valence-electron chi connectivity index (χ3n) is 9.99. The summed E-state index contributed by atoms with van der Waals surface area (Å²) in [6.07, 6.45) is 48.9. The monoisotopic (exact) mass is 733 g/mol. The molecule has 0 saturated carbocycles. The highest BCUT2D eigenvalue weighted by Crippen LogP contribution is 2.14. The third-order valence-corrected chi connectivity index (χ3v) is 9.99. The van der Waals surface area contributed by atoms with Crippen LogP contribution in [0.2, 0.25) is 0 Å². The second-order valence-electron chi connectivity index (χ2n) is 15.3. The van der Waals surface area contributed by atoms with Crippen LogP contribution in [0.1, 0.15) is 239 Å².